The molecule has 0 bridgehead atoms. The van der Waals surface area contributed by atoms with Crippen LogP contribution in [0.3, 0.4) is 0 Å². The summed E-state index contributed by atoms with van der Waals surface area (Å²) in [4.78, 5) is 11.7. The molecule has 4 nitrogen and oxygen atoms in total. The van der Waals surface area contributed by atoms with Crippen LogP contribution in [0, 0.1) is 0 Å². The van der Waals surface area contributed by atoms with E-state index in [2.05, 4.69) is 0 Å². The van der Waals surface area contributed by atoms with E-state index in [-0.39, 0.29) is 5.97 Å². The van der Waals surface area contributed by atoms with Gasteiger partial charge in [0.05, 0.1) is 6.61 Å². The fourth-order valence-electron chi connectivity index (χ4n) is 1.93. The molecule has 0 saturated heterocycles. The second-order valence-corrected chi connectivity index (χ2v) is 5.17. The zero-order valence-electron chi connectivity index (χ0n) is 13.5. The summed E-state index contributed by atoms with van der Waals surface area (Å²) in [5, 5.41) is 0. The van der Waals surface area contributed by atoms with Crippen LogP contribution >= 0.6 is 0 Å². The number of carbonyl (C=O) groups excluding carboxylic acids is 1. The van der Waals surface area contributed by atoms with Crippen LogP contribution in [0.25, 0.3) is 0 Å². The average Bonchev–Trinajstić information content (AvgIpc) is 2.60. The van der Waals surface area contributed by atoms with E-state index in [9.17, 15) is 4.79 Å². The van der Waals surface area contributed by atoms with Gasteiger partial charge in [-0.1, -0.05) is 37.3 Å². The first-order valence-corrected chi connectivity index (χ1v) is 7.79. The Labute approximate surface area is 137 Å². The maximum absolute atomic E-state index is 11.7. The third-order valence-electron chi connectivity index (χ3n) is 3.17. The van der Waals surface area contributed by atoms with Crippen molar-refractivity contribution in [3.05, 3.63) is 60.2 Å². The Morgan fingerprint density at radius 3 is 2.30 bits per heavy atom. The summed E-state index contributed by atoms with van der Waals surface area (Å²) in [5.74, 6) is 1.01. The van der Waals surface area contributed by atoms with Crippen LogP contribution in [0.1, 0.15) is 25.8 Å². The summed E-state index contributed by atoms with van der Waals surface area (Å²) in [5.41, 5.74) is 1.11. The number of rotatable bonds is 8. The van der Waals surface area contributed by atoms with Gasteiger partial charge in [-0.25, -0.2) is 4.79 Å². The first-order valence-electron chi connectivity index (χ1n) is 7.79. The van der Waals surface area contributed by atoms with E-state index in [4.69, 9.17) is 14.2 Å². The molecular weight excluding hydrogens is 292 g/mol. The number of hydrogen-bond acceptors (Lipinski definition) is 4. The van der Waals surface area contributed by atoms with Crippen molar-refractivity contribution in [2.75, 3.05) is 6.61 Å². The van der Waals surface area contributed by atoms with Crippen molar-refractivity contribution in [2.45, 2.75) is 33.0 Å². The van der Waals surface area contributed by atoms with Gasteiger partial charge in [0.25, 0.3) is 0 Å². The van der Waals surface area contributed by atoms with Gasteiger partial charge in [-0.2, -0.15) is 0 Å². The second kappa shape index (κ2) is 8.83. The standard InChI is InChI=1S/C19H22O4/c1-3-13-21-19(20)15(2)23-18-11-9-17(10-12-18)22-14-16-7-5-4-6-8-16/h4-12,15H,3,13-14H2,1-2H3. The van der Waals surface area contributed by atoms with Crippen molar-refractivity contribution in [1.82, 2.24) is 0 Å². The van der Waals surface area contributed by atoms with Crippen molar-refractivity contribution in [1.29, 1.82) is 0 Å². The zero-order valence-corrected chi connectivity index (χ0v) is 13.5. The van der Waals surface area contributed by atoms with Crippen LogP contribution in [0.5, 0.6) is 11.5 Å². The van der Waals surface area contributed by atoms with E-state index >= 15 is 0 Å². The maximum Gasteiger partial charge on any atom is 0.347 e. The summed E-state index contributed by atoms with van der Waals surface area (Å²) in [6.45, 7) is 4.56. The SMILES string of the molecule is CCCOC(=O)C(C)Oc1ccc(OCc2ccccc2)cc1. The minimum Gasteiger partial charge on any atom is -0.489 e. The van der Waals surface area contributed by atoms with Gasteiger partial charge in [0.15, 0.2) is 6.10 Å². The summed E-state index contributed by atoms with van der Waals surface area (Å²) < 4.78 is 16.3. The van der Waals surface area contributed by atoms with Crippen LogP contribution < -0.4 is 9.47 Å². The molecule has 122 valence electrons. The molecule has 0 heterocycles. The molecule has 23 heavy (non-hydrogen) atoms. The van der Waals surface area contributed by atoms with Crippen LogP contribution in [0.15, 0.2) is 54.6 Å². The van der Waals surface area contributed by atoms with Crippen LogP contribution in [-0.4, -0.2) is 18.7 Å². The highest BCUT2D eigenvalue weighted by Gasteiger charge is 2.15. The molecule has 0 spiro atoms. The first kappa shape index (κ1) is 16.9. The molecular formula is C19H22O4. The van der Waals surface area contributed by atoms with Gasteiger partial charge in [0, 0.05) is 0 Å². The monoisotopic (exact) mass is 314 g/mol. The van der Waals surface area contributed by atoms with Gasteiger partial charge in [-0.15, -0.1) is 0 Å². The lowest BCUT2D eigenvalue weighted by Crippen LogP contribution is -2.26. The second-order valence-electron chi connectivity index (χ2n) is 5.17. The lowest BCUT2D eigenvalue weighted by atomic mass is 10.2. The molecule has 0 amide bonds. The van der Waals surface area contributed by atoms with E-state index in [0.717, 1.165) is 17.7 Å². The predicted molar refractivity (Wildman–Crippen MR) is 88.6 cm³/mol. The van der Waals surface area contributed by atoms with Crippen LogP contribution in [0.2, 0.25) is 0 Å². The molecule has 0 aromatic heterocycles. The highest BCUT2D eigenvalue weighted by atomic mass is 16.6. The molecule has 2 rings (SSSR count). The van der Waals surface area contributed by atoms with Crippen molar-refractivity contribution < 1.29 is 19.0 Å². The quantitative estimate of drug-likeness (QED) is 0.691. The fraction of sp³-hybridized carbons (Fsp3) is 0.316. The van der Waals surface area contributed by atoms with E-state index in [1.165, 1.54) is 0 Å². The Hall–Kier alpha value is -2.49. The molecule has 4 heteroatoms. The largest absolute Gasteiger partial charge is 0.489 e. The Balaban J connectivity index is 1.83. The van der Waals surface area contributed by atoms with Crippen molar-refractivity contribution >= 4 is 5.97 Å². The number of esters is 1. The van der Waals surface area contributed by atoms with Crippen molar-refractivity contribution in [3.8, 4) is 11.5 Å². The first-order chi connectivity index (χ1) is 11.2. The van der Waals surface area contributed by atoms with E-state index in [0.29, 0.717) is 19.0 Å². The molecule has 2 aromatic rings. The van der Waals surface area contributed by atoms with Gasteiger partial charge in [-0.3, -0.25) is 0 Å². The molecule has 0 aliphatic heterocycles. The molecule has 1 unspecified atom stereocenters. The molecule has 1 atom stereocenters. The van der Waals surface area contributed by atoms with Crippen molar-refractivity contribution in [2.24, 2.45) is 0 Å². The predicted octanol–water partition coefficient (Wildman–Crippen LogP) is 3.99. The summed E-state index contributed by atoms with van der Waals surface area (Å²) >= 11 is 0. The summed E-state index contributed by atoms with van der Waals surface area (Å²) in [6.07, 6.45) is 0.170. The Bertz CT molecular complexity index is 593. The summed E-state index contributed by atoms with van der Waals surface area (Å²) in [6, 6.07) is 17.2. The molecule has 0 radical (unpaired) electrons. The van der Waals surface area contributed by atoms with Gasteiger partial charge in [0.1, 0.15) is 18.1 Å². The van der Waals surface area contributed by atoms with E-state index in [1.807, 2.05) is 49.4 Å². The van der Waals surface area contributed by atoms with E-state index < -0.39 is 6.10 Å². The highest BCUT2D eigenvalue weighted by Crippen LogP contribution is 2.20. The zero-order chi connectivity index (χ0) is 16.5. The topological polar surface area (TPSA) is 44.8 Å². The molecule has 0 fully saturated rings. The van der Waals surface area contributed by atoms with Crippen molar-refractivity contribution in [3.63, 3.8) is 0 Å². The van der Waals surface area contributed by atoms with Gasteiger partial charge in [-0.05, 0) is 43.2 Å². The fourth-order valence-corrected chi connectivity index (χ4v) is 1.93. The average molecular weight is 314 g/mol. The van der Waals surface area contributed by atoms with Crippen LogP contribution in [-0.2, 0) is 16.1 Å². The minimum atomic E-state index is -0.627. The molecule has 2 aromatic carbocycles. The smallest absolute Gasteiger partial charge is 0.347 e. The normalized spacial score (nSPS) is 11.6. The summed E-state index contributed by atoms with van der Waals surface area (Å²) in [7, 11) is 0. The third-order valence-corrected chi connectivity index (χ3v) is 3.17. The Kier molecular flexibility index (Phi) is 6.48. The Morgan fingerprint density at radius 1 is 1.00 bits per heavy atom. The van der Waals surface area contributed by atoms with Gasteiger partial charge < -0.3 is 14.2 Å². The molecule has 0 N–H and O–H groups in total. The maximum atomic E-state index is 11.7. The van der Waals surface area contributed by atoms with E-state index in [1.54, 1.807) is 19.1 Å². The minimum absolute atomic E-state index is 0.351. The van der Waals surface area contributed by atoms with Gasteiger partial charge in [0.2, 0.25) is 0 Å². The Morgan fingerprint density at radius 2 is 1.65 bits per heavy atom. The molecule has 0 aliphatic carbocycles. The molecule has 0 aliphatic rings. The number of carbonyl (C=O) groups is 1. The number of ether oxygens (including phenoxy) is 3. The van der Waals surface area contributed by atoms with Gasteiger partial charge >= 0.3 is 5.97 Å². The lowest BCUT2D eigenvalue weighted by Gasteiger charge is -2.14. The molecule has 0 saturated carbocycles. The van der Waals surface area contributed by atoms with Crippen LogP contribution in [0.4, 0.5) is 0 Å². The number of benzene rings is 2. The highest BCUT2D eigenvalue weighted by molar-refractivity contribution is 5.74. The third kappa shape index (κ3) is 5.66. The lowest BCUT2D eigenvalue weighted by molar-refractivity contribution is -0.151. The number of hydrogen-bond donors (Lipinski definition) is 0.